The summed E-state index contributed by atoms with van der Waals surface area (Å²) in [5, 5.41) is 6.62. The molecule has 1 saturated heterocycles. The summed E-state index contributed by atoms with van der Waals surface area (Å²) in [7, 11) is 0. The summed E-state index contributed by atoms with van der Waals surface area (Å²) in [6.07, 6.45) is 2.28. The van der Waals surface area contributed by atoms with Gasteiger partial charge in [0, 0.05) is 29.6 Å². The molecule has 0 bridgehead atoms. The predicted octanol–water partition coefficient (Wildman–Crippen LogP) is 3.59. The number of rotatable bonds is 5. The molecule has 2 heterocycles. The van der Waals surface area contributed by atoms with Crippen LogP contribution in [0, 0.1) is 13.8 Å². The molecular formula is C18H21ClN4O2. The number of halogens is 1. The second-order valence-corrected chi connectivity index (χ2v) is 6.51. The normalized spacial score (nSPS) is 16.7. The Morgan fingerprint density at radius 3 is 2.96 bits per heavy atom. The van der Waals surface area contributed by atoms with Crippen LogP contribution >= 0.6 is 11.6 Å². The Balaban J connectivity index is 1.72. The van der Waals surface area contributed by atoms with E-state index in [1.54, 1.807) is 18.2 Å². The van der Waals surface area contributed by atoms with E-state index in [0.717, 1.165) is 30.7 Å². The maximum absolute atomic E-state index is 12.5. The summed E-state index contributed by atoms with van der Waals surface area (Å²) in [5.41, 5.74) is 2.52. The number of carbonyl (C=O) groups excluding carboxylic acids is 1. The molecule has 1 atom stereocenters. The van der Waals surface area contributed by atoms with Crippen molar-refractivity contribution in [1.82, 2.24) is 9.97 Å². The molecule has 1 aliphatic rings. The van der Waals surface area contributed by atoms with E-state index in [4.69, 9.17) is 16.3 Å². The van der Waals surface area contributed by atoms with E-state index in [0.29, 0.717) is 28.9 Å². The number of hydrogen-bond acceptors (Lipinski definition) is 5. The molecule has 25 heavy (non-hydrogen) atoms. The fourth-order valence-electron chi connectivity index (χ4n) is 2.70. The lowest BCUT2D eigenvalue weighted by molar-refractivity contribution is 0.102. The van der Waals surface area contributed by atoms with E-state index in [1.165, 1.54) is 0 Å². The van der Waals surface area contributed by atoms with Gasteiger partial charge in [0.15, 0.2) is 0 Å². The van der Waals surface area contributed by atoms with Gasteiger partial charge in [-0.05, 0) is 50.5 Å². The largest absolute Gasteiger partial charge is 0.376 e. The number of ether oxygens (including phenoxy) is 1. The lowest BCUT2D eigenvalue weighted by atomic mass is 10.2. The second-order valence-electron chi connectivity index (χ2n) is 6.10. The van der Waals surface area contributed by atoms with Crippen LogP contribution in [0.15, 0.2) is 24.3 Å². The fourth-order valence-corrected chi connectivity index (χ4v) is 2.88. The predicted molar refractivity (Wildman–Crippen MR) is 98.4 cm³/mol. The Morgan fingerprint density at radius 2 is 2.20 bits per heavy atom. The van der Waals surface area contributed by atoms with E-state index in [1.807, 2.05) is 19.9 Å². The average Bonchev–Trinajstić information content (AvgIpc) is 3.10. The van der Waals surface area contributed by atoms with Crippen LogP contribution in [0.3, 0.4) is 0 Å². The number of aryl methyl sites for hydroxylation is 1. The van der Waals surface area contributed by atoms with Crippen LogP contribution in [-0.2, 0) is 4.74 Å². The van der Waals surface area contributed by atoms with Gasteiger partial charge in [0.05, 0.1) is 6.10 Å². The van der Waals surface area contributed by atoms with Gasteiger partial charge in [-0.1, -0.05) is 17.7 Å². The lowest BCUT2D eigenvalue weighted by Gasteiger charge is -2.13. The minimum Gasteiger partial charge on any atom is -0.376 e. The summed E-state index contributed by atoms with van der Waals surface area (Å²) >= 11 is 6.10. The number of aromatic nitrogens is 2. The van der Waals surface area contributed by atoms with Crippen LogP contribution in [0.4, 0.5) is 11.6 Å². The van der Waals surface area contributed by atoms with Crippen molar-refractivity contribution in [3.8, 4) is 0 Å². The van der Waals surface area contributed by atoms with Crippen molar-refractivity contribution < 1.29 is 9.53 Å². The third-order valence-corrected chi connectivity index (χ3v) is 4.52. The Hall–Kier alpha value is -2.18. The molecule has 1 aromatic heterocycles. The molecule has 1 unspecified atom stereocenters. The van der Waals surface area contributed by atoms with Crippen molar-refractivity contribution in [2.45, 2.75) is 32.8 Å². The quantitative estimate of drug-likeness (QED) is 0.852. The number of benzene rings is 1. The minimum absolute atomic E-state index is 0.176. The van der Waals surface area contributed by atoms with E-state index in [9.17, 15) is 4.79 Å². The van der Waals surface area contributed by atoms with Gasteiger partial charge < -0.3 is 15.4 Å². The number of nitrogens with zero attached hydrogens (tertiary/aromatic N) is 2. The molecule has 2 N–H and O–H groups in total. The Kier molecular flexibility index (Phi) is 5.50. The van der Waals surface area contributed by atoms with Gasteiger partial charge in [-0.3, -0.25) is 4.79 Å². The van der Waals surface area contributed by atoms with Gasteiger partial charge >= 0.3 is 0 Å². The highest BCUT2D eigenvalue weighted by Crippen LogP contribution is 2.23. The third-order valence-electron chi connectivity index (χ3n) is 4.11. The molecule has 1 aliphatic heterocycles. The van der Waals surface area contributed by atoms with E-state index < -0.39 is 0 Å². The molecule has 1 aromatic carbocycles. The maximum Gasteiger partial charge on any atom is 0.274 e. The number of carbonyl (C=O) groups is 1. The van der Waals surface area contributed by atoms with Crippen molar-refractivity contribution in [3.05, 3.63) is 46.2 Å². The molecule has 0 aliphatic carbocycles. The molecule has 2 aromatic rings. The zero-order valence-corrected chi connectivity index (χ0v) is 15.1. The highest BCUT2D eigenvalue weighted by atomic mass is 35.5. The van der Waals surface area contributed by atoms with Crippen molar-refractivity contribution >= 4 is 29.1 Å². The summed E-state index contributed by atoms with van der Waals surface area (Å²) in [5.74, 6) is 0.138. The smallest absolute Gasteiger partial charge is 0.274 e. The first kappa shape index (κ1) is 17.6. The molecule has 0 radical (unpaired) electrons. The number of hydrogen-bond donors (Lipinski definition) is 2. The van der Waals surface area contributed by atoms with Crippen molar-refractivity contribution in [1.29, 1.82) is 0 Å². The molecule has 3 rings (SSSR count). The highest BCUT2D eigenvalue weighted by molar-refractivity contribution is 6.31. The SMILES string of the molecule is Cc1cc(C(=O)Nc2cccc(Cl)c2C)nc(NCC2CCCO2)n1. The van der Waals surface area contributed by atoms with Crippen LogP contribution in [-0.4, -0.2) is 35.1 Å². The Labute approximate surface area is 152 Å². The maximum atomic E-state index is 12.5. The van der Waals surface area contributed by atoms with Gasteiger partial charge in [-0.2, -0.15) is 0 Å². The molecule has 1 fully saturated rings. The summed E-state index contributed by atoms with van der Waals surface area (Å²) < 4.78 is 5.58. The van der Waals surface area contributed by atoms with Crippen LogP contribution in [0.25, 0.3) is 0 Å². The van der Waals surface area contributed by atoms with Gasteiger partial charge in [0.1, 0.15) is 5.69 Å². The van der Waals surface area contributed by atoms with Gasteiger partial charge in [0.2, 0.25) is 5.95 Å². The molecule has 6 nitrogen and oxygen atoms in total. The lowest BCUT2D eigenvalue weighted by Crippen LogP contribution is -2.21. The molecule has 7 heteroatoms. The van der Waals surface area contributed by atoms with Crippen molar-refractivity contribution in [3.63, 3.8) is 0 Å². The van der Waals surface area contributed by atoms with Crippen molar-refractivity contribution in [2.24, 2.45) is 0 Å². The number of nitrogens with one attached hydrogen (secondary N) is 2. The van der Waals surface area contributed by atoms with Crippen molar-refractivity contribution in [2.75, 3.05) is 23.8 Å². The minimum atomic E-state index is -0.295. The number of anilines is 2. The molecular weight excluding hydrogens is 340 g/mol. The molecule has 0 spiro atoms. The van der Waals surface area contributed by atoms with E-state index in [2.05, 4.69) is 20.6 Å². The first-order valence-corrected chi connectivity index (χ1v) is 8.68. The van der Waals surface area contributed by atoms with E-state index in [-0.39, 0.29) is 12.0 Å². The second kappa shape index (κ2) is 7.80. The topological polar surface area (TPSA) is 76.1 Å². The Bertz CT molecular complexity index is 776. The standard InChI is InChI=1S/C18H21ClN4O2/c1-11-9-16(17(24)22-15-7-3-6-14(19)12(15)2)23-18(21-11)20-10-13-5-4-8-25-13/h3,6-7,9,13H,4-5,8,10H2,1-2H3,(H,22,24)(H,20,21,23). The monoisotopic (exact) mass is 360 g/mol. The summed E-state index contributed by atoms with van der Waals surface area (Å²) in [6.45, 7) is 5.13. The molecule has 0 saturated carbocycles. The van der Waals surface area contributed by atoms with Gasteiger partial charge in [-0.15, -0.1) is 0 Å². The van der Waals surface area contributed by atoms with Crippen LogP contribution < -0.4 is 10.6 Å². The summed E-state index contributed by atoms with van der Waals surface area (Å²) in [4.78, 5) is 21.2. The van der Waals surface area contributed by atoms with Crippen LogP contribution in [0.1, 0.15) is 34.6 Å². The van der Waals surface area contributed by atoms with E-state index >= 15 is 0 Å². The third kappa shape index (κ3) is 4.46. The first-order valence-electron chi connectivity index (χ1n) is 8.30. The number of amides is 1. The van der Waals surface area contributed by atoms with Gasteiger partial charge in [-0.25, -0.2) is 9.97 Å². The zero-order valence-electron chi connectivity index (χ0n) is 14.3. The molecule has 1 amide bonds. The van der Waals surface area contributed by atoms with Crippen LogP contribution in [0.5, 0.6) is 0 Å². The first-order chi connectivity index (χ1) is 12.0. The average molecular weight is 361 g/mol. The van der Waals surface area contributed by atoms with Gasteiger partial charge in [0.25, 0.3) is 5.91 Å². The van der Waals surface area contributed by atoms with Crippen LogP contribution in [0.2, 0.25) is 5.02 Å². The highest BCUT2D eigenvalue weighted by Gasteiger charge is 2.17. The zero-order chi connectivity index (χ0) is 17.8. The Morgan fingerprint density at radius 1 is 1.36 bits per heavy atom. The summed E-state index contributed by atoms with van der Waals surface area (Å²) in [6, 6.07) is 7.05. The molecule has 132 valence electrons. The fraction of sp³-hybridized carbons (Fsp3) is 0.389.